The van der Waals surface area contributed by atoms with Crippen molar-refractivity contribution in [1.82, 2.24) is 16.0 Å². The van der Waals surface area contributed by atoms with E-state index in [0.29, 0.717) is 0 Å². The van der Waals surface area contributed by atoms with Gasteiger partial charge in [-0.15, -0.1) is 0 Å². The minimum atomic E-state index is -1.38. The van der Waals surface area contributed by atoms with Gasteiger partial charge in [-0.25, -0.2) is 4.79 Å². The highest BCUT2D eigenvalue weighted by atomic mass is 16.4. The van der Waals surface area contributed by atoms with Crippen LogP contribution >= 0.6 is 0 Å². The first-order valence-corrected chi connectivity index (χ1v) is 9.85. The van der Waals surface area contributed by atoms with Gasteiger partial charge in [0.15, 0.2) is 0 Å². The molecule has 0 aromatic rings. The van der Waals surface area contributed by atoms with Gasteiger partial charge in [0, 0.05) is 6.42 Å². The van der Waals surface area contributed by atoms with Crippen molar-refractivity contribution in [2.24, 2.45) is 11.5 Å². The first-order valence-electron chi connectivity index (χ1n) is 9.85. The van der Waals surface area contributed by atoms with Gasteiger partial charge in [0.1, 0.15) is 24.2 Å². The lowest BCUT2D eigenvalue weighted by Gasteiger charge is -2.21. The lowest BCUT2D eigenvalue weighted by Crippen LogP contribution is -2.51. The molecule has 0 aliphatic carbocycles. The largest absolute Gasteiger partial charge is 0.480 e. The second-order valence-corrected chi connectivity index (χ2v) is 7.29. The fourth-order valence-corrected chi connectivity index (χ4v) is 2.41. The Balaban J connectivity index is 5.05. The molecule has 0 saturated heterocycles. The summed E-state index contributed by atoms with van der Waals surface area (Å²) < 4.78 is 0. The lowest BCUT2D eigenvalue weighted by molar-refractivity contribution is -0.142. The average Bonchev–Trinajstić information content (AvgIpc) is 2.69. The molecule has 14 nitrogen and oxygen atoms in total. The Bertz CT molecular complexity index is 713. The summed E-state index contributed by atoms with van der Waals surface area (Å²) in [6.45, 7) is 2.58. The number of nitrogens with two attached hydrogens (primary N) is 2. The molecule has 10 N–H and O–H groups in total. The molecule has 14 heteroatoms. The van der Waals surface area contributed by atoms with E-state index in [0.717, 1.165) is 0 Å². The Kier molecular flexibility index (Phi) is 12.5. The minimum absolute atomic E-state index is 0.00780. The summed E-state index contributed by atoms with van der Waals surface area (Å²) in [5.41, 5.74) is 10.8. The van der Waals surface area contributed by atoms with Crippen LogP contribution in [0.25, 0.3) is 0 Å². The molecule has 0 spiro atoms. The van der Waals surface area contributed by atoms with Crippen LogP contribution in [0.15, 0.2) is 0 Å². The minimum Gasteiger partial charge on any atom is -0.480 e. The van der Waals surface area contributed by atoms with Gasteiger partial charge in [0.05, 0.1) is 6.04 Å². The molecule has 0 fully saturated rings. The van der Waals surface area contributed by atoms with Gasteiger partial charge < -0.3 is 42.7 Å². The summed E-state index contributed by atoms with van der Waals surface area (Å²) in [6.07, 6.45) is -0.551. The highest BCUT2D eigenvalue weighted by Crippen LogP contribution is 2.07. The van der Waals surface area contributed by atoms with Crippen LogP contribution in [0.3, 0.4) is 0 Å². The van der Waals surface area contributed by atoms with E-state index in [2.05, 4.69) is 16.0 Å². The van der Waals surface area contributed by atoms with Crippen LogP contribution in [0.5, 0.6) is 0 Å². The normalized spacial score (nSPS) is 15.4. The summed E-state index contributed by atoms with van der Waals surface area (Å²) in [5.74, 6) is -6.16. The first kappa shape index (κ1) is 28.7. The van der Waals surface area contributed by atoms with E-state index < -0.39 is 65.8 Å². The Morgan fingerprint density at radius 3 is 1.78 bits per heavy atom. The molecule has 0 aromatic carbocycles. The summed E-state index contributed by atoms with van der Waals surface area (Å²) >= 11 is 0. The van der Waals surface area contributed by atoms with Gasteiger partial charge in [-0.05, 0) is 39.5 Å². The molecule has 0 bridgehead atoms. The molecule has 0 rings (SSSR count). The molecule has 0 aliphatic heterocycles. The Morgan fingerprint density at radius 1 is 0.719 bits per heavy atom. The smallest absolute Gasteiger partial charge is 0.326 e. The average molecular weight is 461 g/mol. The fourth-order valence-electron chi connectivity index (χ4n) is 2.41. The number of amides is 3. The number of carboxylic acids is 3. The Morgan fingerprint density at radius 2 is 1.31 bits per heavy atom. The van der Waals surface area contributed by atoms with Crippen molar-refractivity contribution in [3.63, 3.8) is 0 Å². The van der Waals surface area contributed by atoms with Crippen molar-refractivity contribution in [3.05, 3.63) is 0 Å². The molecule has 5 atom stereocenters. The van der Waals surface area contributed by atoms with Crippen LogP contribution in [-0.2, 0) is 28.8 Å². The SMILES string of the molecule is C[C@@H](N)C(=O)N[C@H](CCC(=O)N[C@@H](CCC[C@@H](N)C(=O)O)C(=O)N[C@H](C)C(=O)O)C(=O)O. The van der Waals surface area contributed by atoms with Crippen molar-refractivity contribution in [2.75, 3.05) is 0 Å². The molecular weight excluding hydrogens is 430 g/mol. The second-order valence-electron chi connectivity index (χ2n) is 7.29. The standard InChI is InChI=1S/C18H31N5O9/c1-8(19)14(25)23-12(18(31)32)6-7-13(24)22-11(5-3-4-10(20)17(29)30)15(26)21-9(2)16(27)28/h8-12H,3-7,19-20H2,1-2H3,(H,21,26)(H,22,24)(H,23,25)(H,27,28)(H,29,30)(H,31,32)/t8-,9-,10-,11+,12-/m1/s1. The number of carbonyl (C=O) groups excluding carboxylic acids is 3. The van der Waals surface area contributed by atoms with Crippen molar-refractivity contribution in [3.8, 4) is 0 Å². The number of carbonyl (C=O) groups is 6. The highest BCUT2D eigenvalue weighted by Gasteiger charge is 2.26. The van der Waals surface area contributed by atoms with Gasteiger partial charge >= 0.3 is 17.9 Å². The van der Waals surface area contributed by atoms with Crippen LogP contribution in [0.2, 0.25) is 0 Å². The van der Waals surface area contributed by atoms with Crippen molar-refractivity contribution >= 4 is 35.6 Å². The van der Waals surface area contributed by atoms with Crippen molar-refractivity contribution in [1.29, 1.82) is 0 Å². The van der Waals surface area contributed by atoms with Gasteiger partial charge in [-0.2, -0.15) is 0 Å². The van der Waals surface area contributed by atoms with Crippen LogP contribution in [-0.4, -0.2) is 81.2 Å². The van der Waals surface area contributed by atoms with E-state index in [1.54, 1.807) is 0 Å². The maximum absolute atomic E-state index is 12.4. The number of aliphatic carboxylic acids is 3. The van der Waals surface area contributed by atoms with E-state index in [1.165, 1.54) is 13.8 Å². The maximum atomic E-state index is 12.4. The van der Waals surface area contributed by atoms with E-state index in [4.69, 9.17) is 21.7 Å². The zero-order chi connectivity index (χ0) is 25.0. The molecule has 0 unspecified atom stereocenters. The third-order valence-corrected chi connectivity index (χ3v) is 4.39. The third-order valence-electron chi connectivity index (χ3n) is 4.39. The van der Waals surface area contributed by atoms with E-state index >= 15 is 0 Å². The molecule has 3 amide bonds. The molecule has 0 aliphatic rings. The van der Waals surface area contributed by atoms with E-state index in [9.17, 15) is 33.9 Å². The van der Waals surface area contributed by atoms with Crippen LogP contribution in [0.4, 0.5) is 0 Å². The summed E-state index contributed by atoms with van der Waals surface area (Å²) in [6, 6.07) is -5.95. The number of nitrogens with one attached hydrogen (secondary N) is 3. The lowest BCUT2D eigenvalue weighted by atomic mass is 10.0. The van der Waals surface area contributed by atoms with Gasteiger partial charge in [0.25, 0.3) is 0 Å². The van der Waals surface area contributed by atoms with Crippen molar-refractivity contribution < 1.29 is 44.1 Å². The fraction of sp³-hybridized carbons (Fsp3) is 0.667. The predicted molar refractivity (Wildman–Crippen MR) is 109 cm³/mol. The number of hydrogen-bond donors (Lipinski definition) is 8. The molecule has 0 aromatic heterocycles. The molecule has 0 saturated carbocycles. The zero-order valence-corrected chi connectivity index (χ0v) is 17.9. The molecular formula is C18H31N5O9. The Hall–Kier alpha value is -3.26. The van der Waals surface area contributed by atoms with Crippen LogP contribution in [0, 0.1) is 0 Å². The predicted octanol–water partition coefficient (Wildman–Crippen LogP) is -2.66. The van der Waals surface area contributed by atoms with Gasteiger partial charge in [0.2, 0.25) is 17.7 Å². The van der Waals surface area contributed by atoms with E-state index in [1.807, 2.05) is 0 Å². The number of rotatable bonds is 15. The molecule has 0 heterocycles. The number of carboxylic acid groups (broad SMARTS) is 3. The Labute approximate surface area is 184 Å². The zero-order valence-electron chi connectivity index (χ0n) is 17.9. The summed E-state index contributed by atoms with van der Waals surface area (Å²) in [4.78, 5) is 69.3. The van der Waals surface area contributed by atoms with Crippen LogP contribution in [0.1, 0.15) is 46.0 Å². The molecule has 182 valence electrons. The summed E-state index contributed by atoms with van der Waals surface area (Å²) in [5, 5.41) is 33.7. The van der Waals surface area contributed by atoms with Crippen molar-refractivity contribution in [2.45, 2.75) is 76.2 Å². The number of hydrogen-bond acceptors (Lipinski definition) is 8. The van der Waals surface area contributed by atoms with Crippen LogP contribution < -0.4 is 27.4 Å². The quantitative estimate of drug-likeness (QED) is 0.125. The maximum Gasteiger partial charge on any atom is 0.326 e. The second kappa shape index (κ2) is 13.9. The van der Waals surface area contributed by atoms with E-state index in [-0.39, 0.29) is 32.1 Å². The van der Waals surface area contributed by atoms with Gasteiger partial charge in [-0.1, -0.05) is 0 Å². The van der Waals surface area contributed by atoms with Gasteiger partial charge in [-0.3, -0.25) is 24.0 Å². The summed E-state index contributed by atoms with van der Waals surface area (Å²) in [7, 11) is 0. The topological polar surface area (TPSA) is 251 Å². The monoisotopic (exact) mass is 461 g/mol. The molecule has 32 heavy (non-hydrogen) atoms. The first-order chi connectivity index (χ1) is 14.8. The molecule has 0 radical (unpaired) electrons. The third kappa shape index (κ3) is 11.2. The highest BCUT2D eigenvalue weighted by molar-refractivity contribution is 5.91.